The molecule has 1 amide bonds. The number of aryl methyl sites for hydroxylation is 2. The summed E-state index contributed by atoms with van der Waals surface area (Å²) in [5, 5.41) is 12.1. The Morgan fingerprint density at radius 1 is 1.23 bits per heavy atom. The van der Waals surface area contributed by atoms with Crippen molar-refractivity contribution in [1.82, 2.24) is 14.8 Å². The minimum Gasteiger partial charge on any atom is -0.483 e. The first-order chi connectivity index (χ1) is 14.9. The van der Waals surface area contributed by atoms with E-state index in [1.807, 2.05) is 54.0 Å². The third kappa shape index (κ3) is 6.21. The summed E-state index contributed by atoms with van der Waals surface area (Å²) in [7, 11) is 0. The summed E-state index contributed by atoms with van der Waals surface area (Å²) in [5.74, 6) is 1.58. The molecule has 1 N–H and O–H groups in total. The lowest BCUT2D eigenvalue weighted by atomic mass is 10.1. The van der Waals surface area contributed by atoms with E-state index in [9.17, 15) is 4.79 Å². The minimum atomic E-state index is -0.305. The monoisotopic (exact) mass is 500 g/mol. The molecule has 8 heteroatoms. The summed E-state index contributed by atoms with van der Waals surface area (Å²) in [5.41, 5.74) is 3.14. The Kier molecular flexibility index (Phi) is 7.92. The summed E-state index contributed by atoms with van der Waals surface area (Å²) in [6.07, 6.45) is 1.47. The molecule has 3 rings (SSSR count). The molecule has 0 radical (unpaired) electrons. The van der Waals surface area contributed by atoms with Crippen LogP contribution in [-0.2, 0) is 11.3 Å². The highest BCUT2D eigenvalue weighted by Crippen LogP contribution is 2.26. The molecule has 1 unspecified atom stereocenters. The molecule has 0 aliphatic carbocycles. The molecule has 0 aliphatic heterocycles. The van der Waals surface area contributed by atoms with Crippen molar-refractivity contribution < 1.29 is 9.53 Å². The van der Waals surface area contributed by atoms with Crippen LogP contribution in [0.15, 0.2) is 64.7 Å². The van der Waals surface area contributed by atoms with E-state index in [1.165, 1.54) is 22.9 Å². The number of carbonyl (C=O) groups excluding carboxylic acids is 1. The number of aromatic nitrogens is 3. The topological polar surface area (TPSA) is 69.0 Å². The van der Waals surface area contributed by atoms with Crippen molar-refractivity contribution in [2.45, 2.75) is 38.6 Å². The lowest BCUT2D eigenvalue weighted by Crippen LogP contribution is -2.15. The van der Waals surface area contributed by atoms with Gasteiger partial charge in [-0.2, -0.15) is 0 Å². The van der Waals surface area contributed by atoms with Crippen LogP contribution in [0.4, 0.5) is 5.69 Å². The van der Waals surface area contributed by atoms with Crippen molar-refractivity contribution in [1.29, 1.82) is 0 Å². The van der Waals surface area contributed by atoms with Crippen molar-refractivity contribution in [2.75, 3.05) is 11.1 Å². The smallest absolute Gasteiger partial charge is 0.234 e. The van der Waals surface area contributed by atoms with E-state index in [-0.39, 0.29) is 17.8 Å². The summed E-state index contributed by atoms with van der Waals surface area (Å²) >= 11 is 4.71. The van der Waals surface area contributed by atoms with Gasteiger partial charge in [-0.25, -0.2) is 0 Å². The van der Waals surface area contributed by atoms with Crippen LogP contribution in [0.25, 0.3) is 0 Å². The second-order valence-electron chi connectivity index (χ2n) is 7.09. The van der Waals surface area contributed by atoms with Gasteiger partial charge in [-0.3, -0.25) is 9.36 Å². The lowest BCUT2D eigenvalue weighted by Gasteiger charge is -2.16. The second kappa shape index (κ2) is 10.6. The maximum Gasteiger partial charge on any atom is 0.234 e. The molecule has 162 valence electrons. The number of allylic oxidation sites excluding steroid dienone is 1. The average Bonchev–Trinajstić information content (AvgIpc) is 3.14. The van der Waals surface area contributed by atoms with Gasteiger partial charge in [0.25, 0.3) is 0 Å². The van der Waals surface area contributed by atoms with Crippen LogP contribution in [-0.4, -0.2) is 26.4 Å². The van der Waals surface area contributed by atoms with E-state index in [2.05, 4.69) is 51.9 Å². The van der Waals surface area contributed by atoms with E-state index in [0.29, 0.717) is 17.5 Å². The van der Waals surface area contributed by atoms with Gasteiger partial charge in [0.15, 0.2) is 17.1 Å². The molecule has 0 saturated heterocycles. The number of amides is 1. The number of hydrogen-bond acceptors (Lipinski definition) is 5. The lowest BCUT2D eigenvalue weighted by molar-refractivity contribution is -0.113. The fraction of sp³-hybridized carbons (Fsp3) is 0.261. The molecule has 0 spiro atoms. The van der Waals surface area contributed by atoms with Crippen LogP contribution in [0.5, 0.6) is 5.75 Å². The van der Waals surface area contributed by atoms with Crippen LogP contribution in [0, 0.1) is 13.8 Å². The molecular weight excluding hydrogens is 476 g/mol. The molecule has 3 aromatic rings. The Labute approximate surface area is 195 Å². The van der Waals surface area contributed by atoms with Gasteiger partial charge >= 0.3 is 0 Å². The van der Waals surface area contributed by atoms with Crippen LogP contribution in [0.1, 0.15) is 30.0 Å². The molecule has 2 aromatic carbocycles. The largest absolute Gasteiger partial charge is 0.483 e. The minimum absolute atomic E-state index is 0.110. The van der Waals surface area contributed by atoms with Gasteiger partial charge in [0.1, 0.15) is 5.75 Å². The number of rotatable bonds is 9. The maximum absolute atomic E-state index is 12.3. The van der Waals surface area contributed by atoms with E-state index in [4.69, 9.17) is 4.74 Å². The number of anilines is 1. The quantitative estimate of drug-likeness (QED) is 0.300. The predicted molar refractivity (Wildman–Crippen MR) is 129 cm³/mol. The van der Waals surface area contributed by atoms with E-state index in [0.717, 1.165) is 15.9 Å². The number of ether oxygens (including phenoxy) is 1. The number of thioether (sulfide) groups is 1. The fourth-order valence-electron chi connectivity index (χ4n) is 2.91. The molecule has 6 nitrogen and oxygen atoms in total. The average molecular weight is 501 g/mol. The van der Waals surface area contributed by atoms with Crippen LogP contribution >= 0.6 is 27.7 Å². The Balaban J connectivity index is 1.67. The first-order valence-corrected chi connectivity index (χ1v) is 11.6. The van der Waals surface area contributed by atoms with E-state index in [1.54, 1.807) is 6.08 Å². The summed E-state index contributed by atoms with van der Waals surface area (Å²) in [6, 6.07) is 13.5. The molecule has 1 heterocycles. The molecule has 31 heavy (non-hydrogen) atoms. The zero-order chi connectivity index (χ0) is 22.4. The fourth-order valence-corrected chi connectivity index (χ4v) is 3.93. The Morgan fingerprint density at radius 3 is 2.65 bits per heavy atom. The van der Waals surface area contributed by atoms with E-state index >= 15 is 0 Å². The molecule has 0 aliphatic rings. The maximum atomic E-state index is 12.3. The highest BCUT2D eigenvalue weighted by molar-refractivity contribution is 9.10. The van der Waals surface area contributed by atoms with Gasteiger partial charge in [-0.15, -0.1) is 16.8 Å². The van der Waals surface area contributed by atoms with Crippen LogP contribution in [0.3, 0.4) is 0 Å². The van der Waals surface area contributed by atoms with Gasteiger partial charge in [0, 0.05) is 16.7 Å². The number of benzene rings is 2. The molecule has 1 aromatic heterocycles. The normalized spacial score (nSPS) is 11.7. The zero-order valence-electron chi connectivity index (χ0n) is 17.8. The summed E-state index contributed by atoms with van der Waals surface area (Å²) in [4.78, 5) is 12.3. The van der Waals surface area contributed by atoms with Crippen molar-refractivity contribution in [2.24, 2.45) is 0 Å². The highest BCUT2D eigenvalue weighted by atomic mass is 79.9. The third-order valence-electron chi connectivity index (χ3n) is 4.67. The van der Waals surface area contributed by atoms with Gasteiger partial charge in [-0.1, -0.05) is 39.8 Å². The molecule has 0 saturated carbocycles. The number of nitrogens with zero attached hydrogens (tertiary/aromatic N) is 3. The number of nitrogens with one attached hydrogen (secondary N) is 1. The van der Waals surface area contributed by atoms with Gasteiger partial charge in [0.2, 0.25) is 5.91 Å². The van der Waals surface area contributed by atoms with Crippen LogP contribution in [0.2, 0.25) is 0 Å². The molecular formula is C23H25BrN4O2S. The highest BCUT2D eigenvalue weighted by Gasteiger charge is 2.20. The van der Waals surface area contributed by atoms with Gasteiger partial charge in [0.05, 0.1) is 5.75 Å². The molecule has 0 bridgehead atoms. The van der Waals surface area contributed by atoms with Crippen molar-refractivity contribution >= 4 is 39.3 Å². The number of hydrogen-bond donors (Lipinski definition) is 1. The summed E-state index contributed by atoms with van der Waals surface area (Å²) in [6.45, 7) is 10.4. The standard InChI is InChI=1S/C23H25BrN4O2S/c1-5-12-28-22(17(4)30-20-11-6-15(2)16(3)13-20)26-27-23(28)31-14-21(29)25-19-9-7-18(24)8-10-19/h5-11,13,17H,1,12,14H2,2-4H3,(H,25,29). The van der Waals surface area contributed by atoms with Crippen LogP contribution < -0.4 is 10.1 Å². The first-order valence-electron chi connectivity index (χ1n) is 9.83. The number of halogens is 1. The Morgan fingerprint density at radius 2 is 1.97 bits per heavy atom. The third-order valence-corrected chi connectivity index (χ3v) is 6.17. The van der Waals surface area contributed by atoms with E-state index < -0.39 is 0 Å². The Bertz CT molecular complexity index is 1070. The predicted octanol–water partition coefficient (Wildman–Crippen LogP) is 5.71. The first kappa shape index (κ1) is 23.1. The SMILES string of the molecule is C=CCn1c(SCC(=O)Nc2ccc(Br)cc2)nnc1C(C)Oc1ccc(C)c(C)c1. The van der Waals surface area contributed by atoms with Gasteiger partial charge in [-0.05, 0) is 68.3 Å². The Hall–Kier alpha value is -2.58. The molecule has 1 atom stereocenters. The zero-order valence-corrected chi connectivity index (χ0v) is 20.2. The van der Waals surface area contributed by atoms with Crippen molar-refractivity contribution in [3.05, 3.63) is 76.5 Å². The number of carbonyl (C=O) groups is 1. The van der Waals surface area contributed by atoms with Crippen molar-refractivity contribution in [3.63, 3.8) is 0 Å². The van der Waals surface area contributed by atoms with Crippen molar-refractivity contribution in [3.8, 4) is 5.75 Å². The van der Waals surface area contributed by atoms with Gasteiger partial charge < -0.3 is 10.1 Å². The molecule has 0 fully saturated rings. The summed E-state index contributed by atoms with van der Waals surface area (Å²) < 4.78 is 8.99. The second-order valence-corrected chi connectivity index (χ2v) is 8.95.